The maximum absolute atomic E-state index is 10.8. The molecule has 0 aliphatic heterocycles. The lowest BCUT2D eigenvalue weighted by molar-refractivity contribution is 0.107. The summed E-state index contributed by atoms with van der Waals surface area (Å²) < 4.78 is 0. The van der Waals surface area contributed by atoms with Crippen molar-refractivity contribution in [3.05, 3.63) is 29.6 Å². The van der Waals surface area contributed by atoms with Crippen LogP contribution in [0.3, 0.4) is 0 Å². The van der Waals surface area contributed by atoms with Gasteiger partial charge in [0.2, 0.25) is 0 Å². The number of rotatable bonds is 5. The van der Waals surface area contributed by atoms with Crippen molar-refractivity contribution in [1.82, 2.24) is 4.98 Å². The standard InChI is InChI=1S/C11H14ClNO/c1-2-3-4-6-9-7-5-8-10(13-9)11(12)14/h5,7-8H,2-4,6H2,1H3. The summed E-state index contributed by atoms with van der Waals surface area (Å²) in [6.07, 6.45) is 4.42. The molecule has 0 amide bonds. The average molecular weight is 212 g/mol. The quantitative estimate of drug-likeness (QED) is 0.553. The molecule has 3 heteroatoms. The Hall–Kier alpha value is -0.890. The third-order valence-electron chi connectivity index (χ3n) is 2.04. The predicted octanol–water partition coefficient (Wildman–Crippen LogP) is 3.19. The molecule has 14 heavy (non-hydrogen) atoms. The number of carbonyl (C=O) groups excluding carboxylic acids is 1. The van der Waals surface area contributed by atoms with Gasteiger partial charge >= 0.3 is 0 Å². The Morgan fingerprint density at radius 2 is 2.21 bits per heavy atom. The average Bonchev–Trinajstić information content (AvgIpc) is 2.19. The number of halogens is 1. The highest BCUT2D eigenvalue weighted by molar-refractivity contribution is 6.67. The number of unbranched alkanes of at least 4 members (excludes halogenated alkanes) is 2. The number of aryl methyl sites for hydroxylation is 1. The molecule has 0 saturated heterocycles. The monoisotopic (exact) mass is 211 g/mol. The fourth-order valence-corrected chi connectivity index (χ4v) is 1.39. The van der Waals surface area contributed by atoms with Crippen molar-refractivity contribution >= 4 is 16.8 Å². The number of aromatic nitrogens is 1. The van der Waals surface area contributed by atoms with Crippen molar-refractivity contribution in [1.29, 1.82) is 0 Å². The van der Waals surface area contributed by atoms with Gasteiger partial charge in [0, 0.05) is 5.69 Å². The van der Waals surface area contributed by atoms with E-state index >= 15 is 0 Å². The molecule has 1 heterocycles. The molecule has 0 saturated carbocycles. The Bertz CT molecular complexity index is 312. The summed E-state index contributed by atoms with van der Waals surface area (Å²) in [6, 6.07) is 5.39. The Balaban J connectivity index is 2.59. The van der Waals surface area contributed by atoms with Crippen LogP contribution in [0.25, 0.3) is 0 Å². The minimum atomic E-state index is -0.484. The van der Waals surface area contributed by atoms with Crippen LogP contribution in [0.15, 0.2) is 18.2 Å². The smallest absolute Gasteiger partial charge is 0.270 e. The van der Waals surface area contributed by atoms with E-state index in [2.05, 4.69) is 11.9 Å². The van der Waals surface area contributed by atoms with Crippen LogP contribution in [0, 0.1) is 0 Å². The molecule has 2 nitrogen and oxygen atoms in total. The van der Waals surface area contributed by atoms with Gasteiger partial charge in [-0.2, -0.15) is 0 Å². The summed E-state index contributed by atoms with van der Waals surface area (Å²) in [7, 11) is 0. The topological polar surface area (TPSA) is 30.0 Å². The molecular weight excluding hydrogens is 198 g/mol. The predicted molar refractivity (Wildman–Crippen MR) is 57.6 cm³/mol. The van der Waals surface area contributed by atoms with E-state index in [1.807, 2.05) is 12.1 Å². The Morgan fingerprint density at radius 1 is 1.43 bits per heavy atom. The van der Waals surface area contributed by atoms with E-state index in [4.69, 9.17) is 11.6 Å². The molecule has 1 aromatic rings. The summed E-state index contributed by atoms with van der Waals surface area (Å²) in [4.78, 5) is 15.0. The van der Waals surface area contributed by atoms with Gasteiger partial charge in [-0.1, -0.05) is 25.8 Å². The van der Waals surface area contributed by atoms with Crippen molar-refractivity contribution in [2.24, 2.45) is 0 Å². The van der Waals surface area contributed by atoms with E-state index in [9.17, 15) is 4.79 Å². The molecule has 0 bridgehead atoms. The number of nitrogens with zero attached hydrogens (tertiary/aromatic N) is 1. The van der Waals surface area contributed by atoms with Gasteiger partial charge < -0.3 is 0 Å². The number of hydrogen-bond donors (Lipinski definition) is 0. The van der Waals surface area contributed by atoms with Gasteiger partial charge in [0.25, 0.3) is 5.24 Å². The molecule has 0 fully saturated rings. The molecule has 0 spiro atoms. The van der Waals surface area contributed by atoms with Gasteiger partial charge in [0.1, 0.15) is 5.69 Å². The Morgan fingerprint density at radius 3 is 2.86 bits per heavy atom. The van der Waals surface area contributed by atoms with Crippen molar-refractivity contribution in [3.63, 3.8) is 0 Å². The molecule has 76 valence electrons. The first-order valence-corrected chi connectivity index (χ1v) is 5.27. The fourth-order valence-electron chi connectivity index (χ4n) is 1.28. The SMILES string of the molecule is CCCCCc1cccc(C(=O)Cl)n1. The molecule has 0 unspecified atom stereocenters. The van der Waals surface area contributed by atoms with Gasteiger partial charge in [0.15, 0.2) is 0 Å². The van der Waals surface area contributed by atoms with E-state index in [1.165, 1.54) is 12.8 Å². The molecule has 1 rings (SSSR count). The normalized spacial score (nSPS) is 10.1. The summed E-state index contributed by atoms with van der Waals surface area (Å²) in [5, 5.41) is -0.484. The van der Waals surface area contributed by atoms with Crippen LogP contribution in [0.1, 0.15) is 42.4 Å². The van der Waals surface area contributed by atoms with E-state index in [0.29, 0.717) is 5.69 Å². The summed E-state index contributed by atoms with van der Waals surface area (Å²) in [5.41, 5.74) is 1.30. The summed E-state index contributed by atoms with van der Waals surface area (Å²) in [5.74, 6) is 0. The zero-order valence-electron chi connectivity index (χ0n) is 8.29. The van der Waals surface area contributed by atoms with Crippen molar-refractivity contribution in [2.75, 3.05) is 0 Å². The molecule has 1 aromatic heterocycles. The Labute approximate surface area is 89.3 Å². The lowest BCUT2D eigenvalue weighted by Crippen LogP contribution is -1.98. The number of carbonyl (C=O) groups is 1. The largest absolute Gasteiger partial charge is 0.274 e. The van der Waals surface area contributed by atoms with Crippen LogP contribution in [-0.4, -0.2) is 10.2 Å². The van der Waals surface area contributed by atoms with Gasteiger partial charge in [0.05, 0.1) is 0 Å². The lowest BCUT2D eigenvalue weighted by atomic mass is 10.1. The first kappa shape index (κ1) is 11.2. The van der Waals surface area contributed by atoms with Crippen LogP contribution in [0.5, 0.6) is 0 Å². The number of pyridine rings is 1. The van der Waals surface area contributed by atoms with Crippen molar-refractivity contribution in [2.45, 2.75) is 32.6 Å². The molecule has 0 aromatic carbocycles. The van der Waals surface area contributed by atoms with Crippen LogP contribution >= 0.6 is 11.6 Å². The molecule has 0 aliphatic rings. The summed E-state index contributed by atoms with van der Waals surface area (Å²) in [6.45, 7) is 2.16. The highest BCUT2D eigenvalue weighted by Gasteiger charge is 2.03. The first-order chi connectivity index (χ1) is 6.74. The second-order valence-electron chi connectivity index (χ2n) is 3.24. The first-order valence-electron chi connectivity index (χ1n) is 4.89. The highest BCUT2D eigenvalue weighted by Crippen LogP contribution is 2.07. The van der Waals surface area contributed by atoms with E-state index in [0.717, 1.165) is 18.5 Å². The number of hydrogen-bond acceptors (Lipinski definition) is 2. The van der Waals surface area contributed by atoms with Gasteiger partial charge in [-0.25, -0.2) is 4.98 Å². The minimum Gasteiger partial charge on any atom is -0.274 e. The van der Waals surface area contributed by atoms with Crippen LogP contribution in [-0.2, 0) is 6.42 Å². The van der Waals surface area contributed by atoms with E-state index in [-0.39, 0.29) is 0 Å². The van der Waals surface area contributed by atoms with Crippen molar-refractivity contribution in [3.8, 4) is 0 Å². The lowest BCUT2D eigenvalue weighted by Gasteiger charge is -2.00. The van der Waals surface area contributed by atoms with Crippen LogP contribution < -0.4 is 0 Å². The van der Waals surface area contributed by atoms with Crippen LogP contribution in [0.4, 0.5) is 0 Å². The van der Waals surface area contributed by atoms with Crippen LogP contribution in [0.2, 0.25) is 0 Å². The summed E-state index contributed by atoms with van der Waals surface area (Å²) >= 11 is 5.34. The van der Waals surface area contributed by atoms with E-state index < -0.39 is 5.24 Å². The Kier molecular flexibility index (Phi) is 4.60. The third-order valence-corrected chi connectivity index (χ3v) is 2.24. The fraction of sp³-hybridized carbons (Fsp3) is 0.455. The molecular formula is C11H14ClNO. The van der Waals surface area contributed by atoms with Gasteiger partial charge in [-0.05, 0) is 36.6 Å². The highest BCUT2D eigenvalue weighted by atomic mass is 35.5. The second kappa shape index (κ2) is 5.76. The van der Waals surface area contributed by atoms with Gasteiger partial charge in [-0.3, -0.25) is 4.79 Å². The molecule has 0 aliphatic carbocycles. The maximum Gasteiger partial charge on any atom is 0.270 e. The van der Waals surface area contributed by atoms with Gasteiger partial charge in [-0.15, -0.1) is 0 Å². The molecule has 0 radical (unpaired) electrons. The minimum absolute atomic E-state index is 0.348. The zero-order valence-corrected chi connectivity index (χ0v) is 9.05. The maximum atomic E-state index is 10.8. The zero-order chi connectivity index (χ0) is 10.4. The second-order valence-corrected chi connectivity index (χ2v) is 3.59. The molecule has 0 N–H and O–H groups in total. The van der Waals surface area contributed by atoms with Crippen molar-refractivity contribution < 1.29 is 4.79 Å². The third kappa shape index (κ3) is 3.46. The molecule has 0 atom stereocenters. The van der Waals surface area contributed by atoms with E-state index in [1.54, 1.807) is 6.07 Å².